The van der Waals surface area contributed by atoms with Crippen LogP contribution in [0.5, 0.6) is 0 Å². The first-order valence-electron chi connectivity index (χ1n) is 7.99. The lowest BCUT2D eigenvalue weighted by atomic mass is 9.77. The summed E-state index contributed by atoms with van der Waals surface area (Å²) in [4.78, 5) is 26.9. The van der Waals surface area contributed by atoms with Crippen LogP contribution in [0.4, 0.5) is 0 Å². The van der Waals surface area contributed by atoms with E-state index in [1.165, 1.54) is 0 Å². The Hall–Kier alpha value is -2.08. The molecule has 2 fully saturated rings. The van der Waals surface area contributed by atoms with Gasteiger partial charge in [0, 0.05) is 0 Å². The number of likely N-dealkylation sites (tertiary alicyclic amines) is 1. The van der Waals surface area contributed by atoms with Crippen LogP contribution in [-0.2, 0) is 25.6 Å². The predicted molar refractivity (Wildman–Crippen MR) is 79.1 cm³/mol. The van der Waals surface area contributed by atoms with E-state index in [0.717, 1.165) is 12.2 Å². The monoisotopic (exact) mass is 317 g/mol. The summed E-state index contributed by atoms with van der Waals surface area (Å²) in [5, 5.41) is 0. The second-order valence-corrected chi connectivity index (χ2v) is 6.34. The van der Waals surface area contributed by atoms with Gasteiger partial charge in [0.25, 0.3) is 0 Å². The molecule has 6 nitrogen and oxygen atoms in total. The number of hydrogen-bond donors (Lipinski definition) is 0. The molecule has 0 aromatic carbocycles. The van der Waals surface area contributed by atoms with Crippen molar-refractivity contribution in [1.82, 2.24) is 4.90 Å². The Labute approximate surface area is 134 Å². The van der Waals surface area contributed by atoms with Crippen molar-refractivity contribution in [2.45, 2.75) is 31.6 Å². The number of esters is 1. The number of rotatable bonds is 5. The fourth-order valence-electron chi connectivity index (χ4n) is 3.87. The Balaban J connectivity index is 1.57. The van der Waals surface area contributed by atoms with Gasteiger partial charge in [-0.15, -0.1) is 0 Å². The van der Waals surface area contributed by atoms with E-state index >= 15 is 0 Å². The van der Waals surface area contributed by atoms with Crippen LogP contribution in [0.2, 0.25) is 0 Å². The van der Waals surface area contributed by atoms with Gasteiger partial charge < -0.3 is 18.8 Å². The number of carbonyl (C=O) groups is 2. The van der Waals surface area contributed by atoms with Crippen LogP contribution in [0, 0.1) is 11.8 Å². The largest absolute Gasteiger partial charge is 0.467 e. The molecule has 3 aliphatic heterocycles. The molecule has 1 spiro atoms. The van der Waals surface area contributed by atoms with Crippen molar-refractivity contribution >= 4 is 11.9 Å². The topological polar surface area (TPSA) is 69.0 Å². The first-order valence-corrected chi connectivity index (χ1v) is 7.99. The maximum atomic E-state index is 12.8. The molecule has 0 unspecified atom stereocenters. The SMILES string of the molecule is CCCOC(=O)[C@H]1[C@H]2C(=O)N(Cc3ccco3)C[C@]23C=C[C@H]1O3. The third-order valence-electron chi connectivity index (χ3n) is 4.83. The van der Waals surface area contributed by atoms with Gasteiger partial charge in [-0.1, -0.05) is 19.1 Å². The molecule has 0 radical (unpaired) electrons. The molecule has 0 N–H and O–H groups in total. The summed E-state index contributed by atoms with van der Waals surface area (Å²) < 4.78 is 16.6. The highest BCUT2D eigenvalue weighted by Gasteiger charge is 2.67. The van der Waals surface area contributed by atoms with E-state index in [2.05, 4.69) is 0 Å². The molecule has 6 heteroatoms. The maximum absolute atomic E-state index is 12.8. The minimum absolute atomic E-state index is 0.0632. The van der Waals surface area contributed by atoms with E-state index in [1.54, 1.807) is 17.2 Å². The fourth-order valence-corrected chi connectivity index (χ4v) is 3.87. The Morgan fingerprint density at radius 1 is 1.52 bits per heavy atom. The van der Waals surface area contributed by atoms with Crippen LogP contribution in [0.15, 0.2) is 35.0 Å². The molecule has 1 aromatic rings. The van der Waals surface area contributed by atoms with Crippen molar-refractivity contribution in [3.8, 4) is 0 Å². The summed E-state index contributed by atoms with van der Waals surface area (Å²) in [6.07, 6.45) is 5.82. The Morgan fingerprint density at radius 2 is 2.39 bits per heavy atom. The first-order chi connectivity index (χ1) is 11.1. The van der Waals surface area contributed by atoms with Gasteiger partial charge in [-0.25, -0.2) is 0 Å². The molecule has 23 heavy (non-hydrogen) atoms. The Kier molecular flexibility index (Phi) is 3.30. The summed E-state index contributed by atoms with van der Waals surface area (Å²) in [6, 6.07) is 3.63. The standard InChI is InChI=1S/C17H19NO5/c1-2-7-22-16(20)13-12-5-6-17(23-12)10-18(15(19)14(13)17)9-11-4-3-8-21-11/h3-6,8,12-14H,2,7,9-10H2,1H3/t12-,13-,14+,17-/m1/s1. The van der Waals surface area contributed by atoms with Crippen molar-refractivity contribution < 1.29 is 23.5 Å². The molecule has 4 rings (SSSR count). The zero-order valence-corrected chi connectivity index (χ0v) is 12.9. The highest BCUT2D eigenvalue weighted by Crippen LogP contribution is 2.52. The summed E-state index contributed by atoms with van der Waals surface area (Å²) in [5.74, 6) is -0.705. The molecule has 0 aliphatic carbocycles. The highest BCUT2D eigenvalue weighted by atomic mass is 16.6. The number of furan rings is 1. The normalized spacial score (nSPS) is 34.2. The van der Waals surface area contributed by atoms with Crippen molar-refractivity contribution in [2.75, 3.05) is 13.2 Å². The summed E-state index contributed by atoms with van der Waals surface area (Å²) in [5.41, 5.74) is -0.690. The predicted octanol–water partition coefficient (Wildman–Crippen LogP) is 1.51. The minimum Gasteiger partial charge on any atom is -0.467 e. The van der Waals surface area contributed by atoms with Crippen molar-refractivity contribution in [3.63, 3.8) is 0 Å². The zero-order chi connectivity index (χ0) is 16.0. The molecule has 2 bridgehead atoms. The fraction of sp³-hybridized carbons (Fsp3) is 0.529. The number of ether oxygens (including phenoxy) is 2. The van der Waals surface area contributed by atoms with Crippen LogP contribution in [-0.4, -0.2) is 41.6 Å². The zero-order valence-electron chi connectivity index (χ0n) is 12.9. The molecule has 0 saturated carbocycles. The van der Waals surface area contributed by atoms with Gasteiger partial charge in [-0.2, -0.15) is 0 Å². The average molecular weight is 317 g/mol. The van der Waals surface area contributed by atoms with Crippen LogP contribution >= 0.6 is 0 Å². The van der Waals surface area contributed by atoms with Crippen LogP contribution in [0.1, 0.15) is 19.1 Å². The number of fused-ring (bicyclic) bond motifs is 1. The molecule has 1 amide bonds. The first kappa shape index (κ1) is 14.5. The molecule has 4 heterocycles. The van der Waals surface area contributed by atoms with E-state index in [9.17, 15) is 9.59 Å². The van der Waals surface area contributed by atoms with Gasteiger partial charge >= 0.3 is 5.97 Å². The van der Waals surface area contributed by atoms with E-state index in [1.807, 2.05) is 25.1 Å². The third kappa shape index (κ3) is 2.12. The molecule has 1 aromatic heterocycles. The third-order valence-corrected chi connectivity index (χ3v) is 4.83. The highest BCUT2D eigenvalue weighted by molar-refractivity contribution is 5.91. The molecule has 3 aliphatic rings. The average Bonchev–Trinajstić information content (AvgIpc) is 3.28. The smallest absolute Gasteiger partial charge is 0.312 e. The van der Waals surface area contributed by atoms with E-state index in [0.29, 0.717) is 19.7 Å². The number of carbonyl (C=O) groups excluding carboxylic acids is 2. The van der Waals surface area contributed by atoms with Crippen LogP contribution in [0.3, 0.4) is 0 Å². The van der Waals surface area contributed by atoms with Gasteiger partial charge in [0.05, 0.1) is 38.0 Å². The minimum atomic E-state index is -0.690. The van der Waals surface area contributed by atoms with Gasteiger partial charge in [0.1, 0.15) is 17.3 Å². The quantitative estimate of drug-likeness (QED) is 0.608. The van der Waals surface area contributed by atoms with Crippen molar-refractivity contribution in [3.05, 3.63) is 36.3 Å². The van der Waals surface area contributed by atoms with Crippen LogP contribution in [0.25, 0.3) is 0 Å². The van der Waals surface area contributed by atoms with Crippen LogP contribution < -0.4 is 0 Å². The number of amides is 1. The van der Waals surface area contributed by atoms with E-state index in [4.69, 9.17) is 13.9 Å². The lowest BCUT2D eigenvalue weighted by molar-refractivity contribution is -0.153. The van der Waals surface area contributed by atoms with Gasteiger partial charge in [-0.05, 0) is 18.6 Å². The Morgan fingerprint density at radius 3 is 3.13 bits per heavy atom. The molecule has 122 valence electrons. The van der Waals surface area contributed by atoms with Crippen molar-refractivity contribution in [1.29, 1.82) is 0 Å². The summed E-state index contributed by atoms with van der Waals surface area (Å²) >= 11 is 0. The van der Waals surface area contributed by atoms with Gasteiger partial charge in [-0.3, -0.25) is 9.59 Å². The molecule has 4 atom stereocenters. The lowest BCUT2D eigenvalue weighted by Crippen LogP contribution is -2.40. The molecule has 2 saturated heterocycles. The number of nitrogens with zero attached hydrogens (tertiary/aromatic N) is 1. The molecular weight excluding hydrogens is 298 g/mol. The van der Waals surface area contributed by atoms with Gasteiger partial charge in [0.15, 0.2) is 0 Å². The second-order valence-electron chi connectivity index (χ2n) is 6.34. The van der Waals surface area contributed by atoms with Gasteiger partial charge in [0.2, 0.25) is 5.91 Å². The number of hydrogen-bond acceptors (Lipinski definition) is 5. The lowest BCUT2D eigenvalue weighted by Gasteiger charge is -2.22. The summed E-state index contributed by atoms with van der Waals surface area (Å²) in [6.45, 7) is 3.15. The maximum Gasteiger partial charge on any atom is 0.312 e. The van der Waals surface area contributed by atoms with E-state index in [-0.39, 0.29) is 18.0 Å². The van der Waals surface area contributed by atoms with Crippen molar-refractivity contribution in [2.24, 2.45) is 11.8 Å². The summed E-state index contributed by atoms with van der Waals surface area (Å²) in [7, 11) is 0. The van der Waals surface area contributed by atoms with E-state index < -0.39 is 17.4 Å². The molecular formula is C17H19NO5. The Bertz CT molecular complexity index is 652. The second kappa shape index (κ2) is 5.23.